The number of esters is 1. The molecule has 0 aromatic carbocycles. The highest BCUT2D eigenvalue weighted by Gasteiger charge is 2.44. The summed E-state index contributed by atoms with van der Waals surface area (Å²) < 4.78 is 5.30. The zero-order valence-electron chi connectivity index (χ0n) is 10.1. The van der Waals surface area contributed by atoms with E-state index in [0.29, 0.717) is 13.2 Å². The maximum absolute atomic E-state index is 11.8. The molecule has 1 aliphatic rings. The second kappa shape index (κ2) is 4.52. The van der Waals surface area contributed by atoms with Crippen molar-refractivity contribution in [1.29, 1.82) is 0 Å². The van der Waals surface area contributed by atoms with E-state index in [1.54, 1.807) is 0 Å². The first-order valence-corrected chi connectivity index (χ1v) is 5.77. The molecular weight excluding hydrogens is 190 g/mol. The van der Waals surface area contributed by atoms with Gasteiger partial charge in [0.1, 0.15) is 0 Å². The molecule has 0 aromatic heterocycles. The Balaban J connectivity index is 2.30. The van der Waals surface area contributed by atoms with Crippen LogP contribution in [0.5, 0.6) is 0 Å². The van der Waals surface area contributed by atoms with Crippen LogP contribution in [0.4, 0.5) is 0 Å². The third kappa shape index (κ3) is 3.20. The van der Waals surface area contributed by atoms with Crippen molar-refractivity contribution < 1.29 is 9.53 Å². The quantitative estimate of drug-likeness (QED) is 0.727. The van der Waals surface area contributed by atoms with Crippen molar-refractivity contribution in [2.45, 2.75) is 46.5 Å². The van der Waals surface area contributed by atoms with Crippen LogP contribution in [0.25, 0.3) is 0 Å². The van der Waals surface area contributed by atoms with Gasteiger partial charge in [-0.2, -0.15) is 0 Å². The minimum atomic E-state index is -0.335. The Bertz CT molecular complexity index is 221. The zero-order chi connectivity index (χ0) is 11.5. The number of carbonyl (C=O) groups excluding carboxylic acids is 1. The molecule has 1 saturated carbocycles. The van der Waals surface area contributed by atoms with Crippen LogP contribution in [0.3, 0.4) is 0 Å². The van der Waals surface area contributed by atoms with Gasteiger partial charge >= 0.3 is 5.97 Å². The van der Waals surface area contributed by atoms with E-state index in [9.17, 15) is 4.79 Å². The molecule has 88 valence electrons. The van der Waals surface area contributed by atoms with Gasteiger partial charge in [0.2, 0.25) is 0 Å². The van der Waals surface area contributed by atoms with Gasteiger partial charge in [0.25, 0.3) is 0 Å². The number of nitrogens with two attached hydrogens (primary N) is 1. The van der Waals surface area contributed by atoms with Crippen molar-refractivity contribution in [3.63, 3.8) is 0 Å². The Morgan fingerprint density at radius 1 is 1.40 bits per heavy atom. The molecule has 0 atom stereocenters. The molecule has 1 aliphatic carbocycles. The summed E-state index contributed by atoms with van der Waals surface area (Å²) in [4.78, 5) is 11.8. The van der Waals surface area contributed by atoms with Gasteiger partial charge in [0.15, 0.2) is 0 Å². The van der Waals surface area contributed by atoms with Crippen molar-refractivity contribution in [1.82, 2.24) is 0 Å². The van der Waals surface area contributed by atoms with Crippen molar-refractivity contribution in [2.75, 3.05) is 13.2 Å². The van der Waals surface area contributed by atoms with E-state index in [1.807, 2.05) is 0 Å². The first-order valence-electron chi connectivity index (χ1n) is 5.77. The molecule has 3 heteroatoms. The van der Waals surface area contributed by atoms with Crippen LogP contribution in [0.1, 0.15) is 46.5 Å². The van der Waals surface area contributed by atoms with Crippen LogP contribution in [-0.4, -0.2) is 19.1 Å². The van der Waals surface area contributed by atoms with Gasteiger partial charge in [0, 0.05) is 6.54 Å². The standard InChI is InChI=1S/C12H23NO2/c1-11(2,3)7-8-15-10(14)12(9-13)5-4-6-12/h4-9,13H2,1-3H3. The van der Waals surface area contributed by atoms with Gasteiger partial charge in [-0.25, -0.2) is 0 Å². The van der Waals surface area contributed by atoms with Crippen molar-refractivity contribution >= 4 is 5.97 Å². The van der Waals surface area contributed by atoms with Crippen LogP contribution in [0.2, 0.25) is 0 Å². The fourth-order valence-electron chi connectivity index (χ4n) is 1.70. The molecule has 1 fully saturated rings. The fourth-order valence-corrected chi connectivity index (χ4v) is 1.70. The molecule has 0 spiro atoms. The fraction of sp³-hybridized carbons (Fsp3) is 0.917. The SMILES string of the molecule is CC(C)(C)CCOC(=O)C1(CN)CCC1. The van der Waals surface area contributed by atoms with Crippen molar-refractivity contribution in [3.05, 3.63) is 0 Å². The molecule has 2 N–H and O–H groups in total. The molecule has 0 unspecified atom stereocenters. The van der Waals surface area contributed by atoms with Gasteiger partial charge < -0.3 is 10.5 Å². The Morgan fingerprint density at radius 3 is 2.33 bits per heavy atom. The van der Waals surface area contributed by atoms with E-state index in [4.69, 9.17) is 10.5 Å². The molecule has 15 heavy (non-hydrogen) atoms. The van der Waals surface area contributed by atoms with Crippen LogP contribution in [0, 0.1) is 10.8 Å². The third-order valence-electron chi connectivity index (χ3n) is 3.22. The molecule has 3 nitrogen and oxygen atoms in total. The van der Waals surface area contributed by atoms with E-state index in [1.165, 1.54) is 0 Å². The maximum Gasteiger partial charge on any atom is 0.313 e. The first-order chi connectivity index (χ1) is 6.90. The van der Waals surface area contributed by atoms with Crippen LogP contribution >= 0.6 is 0 Å². The van der Waals surface area contributed by atoms with Crippen LogP contribution in [0.15, 0.2) is 0 Å². The van der Waals surface area contributed by atoms with Crippen molar-refractivity contribution in [2.24, 2.45) is 16.6 Å². The van der Waals surface area contributed by atoms with E-state index in [-0.39, 0.29) is 16.8 Å². The van der Waals surface area contributed by atoms with Gasteiger partial charge in [-0.05, 0) is 24.7 Å². The summed E-state index contributed by atoms with van der Waals surface area (Å²) in [5, 5.41) is 0. The molecule has 0 radical (unpaired) electrons. The first kappa shape index (κ1) is 12.5. The topological polar surface area (TPSA) is 52.3 Å². The van der Waals surface area contributed by atoms with Gasteiger partial charge in [-0.3, -0.25) is 4.79 Å². The highest BCUT2D eigenvalue weighted by molar-refractivity contribution is 5.78. The Labute approximate surface area is 92.4 Å². The van der Waals surface area contributed by atoms with Gasteiger partial charge in [0.05, 0.1) is 12.0 Å². The van der Waals surface area contributed by atoms with Crippen LogP contribution < -0.4 is 5.73 Å². The summed E-state index contributed by atoms with van der Waals surface area (Å²) in [6, 6.07) is 0. The van der Waals surface area contributed by atoms with E-state index in [0.717, 1.165) is 25.7 Å². The largest absolute Gasteiger partial charge is 0.465 e. The molecule has 0 bridgehead atoms. The highest BCUT2D eigenvalue weighted by atomic mass is 16.5. The minimum Gasteiger partial charge on any atom is -0.465 e. The third-order valence-corrected chi connectivity index (χ3v) is 3.22. The predicted octanol–water partition coefficient (Wildman–Crippen LogP) is 2.09. The molecule has 0 saturated heterocycles. The number of hydrogen-bond donors (Lipinski definition) is 1. The molecular formula is C12H23NO2. The number of carbonyl (C=O) groups is 1. The lowest BCUT2D eigenvalue weighted by Crippen LogP contribution is -2.45. The maximum atomic E-state index is 11.8. The van der Waals surface area contributed by atoms with Crippen molar-refractivity contribution in [3.8, 4) is 0 Å². The molecule has 0 aromatic rings. The summed E-state index contributed by atoms with van der Waals surface area (Å²) in [7, 11) is 0. The lowest BCUT2D eigenvalue weighted by atomic mass is 9.69. The summed E-state index contributed by atoms with van der Waals surface area (Å²) in [5.74, 6) is -0.0829. The van der Waals surface area contributed by atoms with Gasteiger partial charge in [-0.15, -0.1) is 0 Å². The molecule has 0 aliphatic heterocycles. The predicted molar refractivity (Wildman–Crippen MR) is 60.4 cm³/mol. The summed E-state index contributed by atoms with van der Waals surface area (Å²) in [5.41, 5.74) is 5.51. The Kier molecular flexibility index (Phi) is 3.77. The smallest absolute Gasteiger partial charge is 0.313 e. The normalized spacial score (nSPS) is 19.5. The average Bonchev–Trinajstić information content (AvgIpc) is 2.00. The van der Waals surface area contributed by atoms with E-state index < -0.39 is 0 Å². The van der Waals surface area contributed by atoms with Crippen LogP contribution in [-0.2, 0) is 9.53 Å². The molecule has 0 amide bonds. The number of ether oxygens (including phenoxy) is 1. The molecule has 0 heterocycles. The van der Waals surface area contributed by atoms with Gasteiger partial charge in [-0.1, -0.05) is 27.2 Å². The van der Waals surface area contributed by atoms with E-state index >= 15 is 0 Å². The highest BCUT2D eigenvalue weighted by Crippen LogP contribution is 2.41. The Hall–Kier alpha value is -0.570. The monoisotopic (exact) mass is 213 g/mol. The summed E-state index contributed by atoms with van der Waals surface area (Å²) in [6.07, 6.45) is 3.81. The average molecular weight is 213 g/mol. The lowest BCUT2D eigenvalue weighted by Gasteiger charge is -2.38. The zero-order valence-corrected chi connectivity index (χ0v) is 10.1. The minimum absolute atomic E-state index is 0.0829. The summed E-state index contributed by atoms with van der Waals surface area (Å²) in [6.45, 7) is 7.38. The number of hydrogen-bond acceptors (Lipinski definition) is 3. The second-order valence-corrected chi connectivity index (χ2v) is 5.78. The summed E-state index contributed by atoms with van der Waals surface area (Å²) >= 11 is 0. The number of rotatable bonds is 4. The van der Waals surface area contributed by atoms with E-state index in [2.05, 4.69) is 20.8 Å². The second-order valence-electron chi connectivity index (χ2n) is 5.78. The Morgan fingerprint density at radius 2 is 2.00 bits per heavy atom. The molecule has 1 rings (SSSR count). The lowest BCUT2D eigenvalue weighted by molar-refractivity contribution is -0.161.